The van der Waals surface area contributed by atoms with E-state index in [0.29, 0.717) is 56.4 Å². The van der Waals surface area contributed by atoms with E-state index >= 15 is 0 Å². The summed E-state index contributed by atoms with van der Waals surface area (Å²) in [6.07, 6.45) is -4.26. The number of carbonyl (C=O) groups is 7. The highest BCUT2D eigenvalue weighted by Gasteiger charge is 2.66. The number of phosphoric ester groups is 1. The third-order valence-electron chi connectivity index (χ3n) is 20.6. The van der Waals surface area contributed by atoms with Gasteiger partial charge in [0.15, 0.2) is 6.23 Å². The van der Waals surface area contributed by atoms with Crippen LogP contribution in [0.2, 0.25) is 0 Å². The average molecular weight is 1270 g/mol. The van der Waals surface area contributed by atoms with Gasteiger partial charge in [-0.05, 0) is 108 Å². The number of rotatable bonds is 26. The van der Waals surface area contributed by atoms with Gasteiger partial charge in [0.25, 0.3) is 0 Å². The van der Waals surface area contributed by atoms with Crippen LogP contribution in [0, 0.1) is 59.2 Å². The lowest BCUT2D eigenvalue weighted by Gasteiger charge is -2.48. The topological polar surface area (TPSA) is 460 Å². The maximum Gasteiger partial charge on any atom is 0.472 e. The third-order valence-corrected chi connectivity index (χ3v) is 21.7. The van der Waals surface area contributed by atoms with Crippen molar-refractivity contribution in [3.8, 4) is 0 Å². The summed E-state index contributed by atoms with van der Waals surface area (Å²) < 4.78 is 32.3. The molecule has 15 atom stereocenters. The Bertz CT molecular complexity index is 3540. The minimum absolute atomic E-state index is 0.0114. The number of carbonyl (C=O) groups excluding carboxylic acids is 7. The number of aliphatic hydroxyl groups is 2. The number of aromatic nitrogens is 2. The van der Waals surface area contributed by atoms with Crippen molar-refractivity contribution in [1.82, 2.24) is 20.2 Å². The predicted molar refractivity (Wildman–Crippen MR) is 334 cm³/mol. The van der Waals surface area contributed by atoms with Gasteiger partial charge in [0.1, 0.15) is 18.3 Å². The van der Waals surface area contributed by atoms with Gasteiger partial charge < -0.3 is 69.4 Å². The number of fused-ring (bicyclic) bond motifs is 7. The molecule has 6 aliphatic rings. The van der Waals surface area contributed by atoms with E-state index in [-0.39, 0.29) is 77.2 Å². The molecule has 27 nitrogen and oxygen atoms in total. The summed E-state index contributed by atoms with van der Waals surface area (Å²) in [7, 11) is -5.07. The van der Waals surface area contributed by atoms with Crippen LogP contribution < -0.4 is 45.0 Å². The Labute approximate surface area is 523 Å². The number of amides is 7. The highest BCUT2D eigenvalue weighted by atomic mass is 31.2. The summed E-state index contributed by atoms with van der Waals surface area (Å²) in [4.78, 5) is 126. The van der Waals surface area contributed by atoms with Gasteiger partial charge in [-0.3, -0.25) is 57.6 Å². The van der Waals surface area contributed by atoms with Crippen molar-refractivity contribution in [2.75, 3.05) is 13.2 Å². The molecule has 2 fully saturated rings. The molecular formula is C62H90N13O14P. The molecule has 7 heterocycles. The Kier molecular flexibility index (Phi) is 19.6. The number of phosphoric acid groups is 1. The Hall–Kier alpha value is -7.00. The Balaban J connectivity index is 1.19. The number of nitrogens with zero attached hydrogens (tertiary/aromatic N) is 5. The zero-order chi connectivity index (χ0) is 66.7. The van der Waals surface area contributed by atoms with Crippen molar-refractivity contribution in [3.63, 3.8) is 0 Å². The summed E-state index contributed by atoms with van der Waals surface area (Å²) in [5, 5.41) is 28.2. The summed E-state index contributed by atoms with van der Waals surface area (Å²) in [5.74, 6) is -7.18. The quantitative estimate of drug-likeness (QED) is 0.0603. The zero-order valence-corrected chi connectivity index (χ0v) is 54.1. The van der Waals surface area contributed by atoms with Crippen LogP contribution in [0.4, 0.5) is 0 Å². The molecule has 2 aromatic rings. The van der Waals surface area contributed by atoms with Gasteiger partial charge in [-0.1, -0.05) is 34.6 Å². The molecule has 2 saturated heterocycles. The number of hydrogen-bond acceptors (Lipinski definition) is 18. The van der Waals surface area contributed by atoms with E-state index in [1.54, 1.807) is 4.57 Å². The molecule has 8 bridgehead atoms. The number of aliphatic hydroxyl groups excluding tert-OH is 2. The van der Waals surface area contributed by atoms with Gasteiger partial charge >= 0.3 is 7.82 Å². The van der Waals surface area contributed by atoms with E-state index < -0.39 is 143 Å². The molecule has 28 heteroatoms. The van der Waals surface area contributed by atoms with Crippen molar-refractivity contribution in [3.05, 3.63) is 63.9 Å². The smallest absolute Gasteiger partial charge is 0.394 e. The highest BCUT2D eigenvalue weighted by Crippen LogP contribution is 2.63. The fraction of sp³-hybridized carbons (Fsp3) is 0.629. The molecule has 0 radical (unpaired) electrons. The first-order valence-corrected chi connectivity index (χ1v) is 32.1. The van der Waals surface area contributed by atoms with Gasteiger partial charge in [0.05, 0.1) is 41.7 Å². The molecule has 9 unspecified atom stereocenters. The van der Waals surface area contributed by atoms with E-state index in [4.69, 9.17) is 63.2 Å². The normalized spacial score (nSPS) is 34.2. The van der Waals surface area contributed by atoms with Crippen molar-refractivity contribution >= 4 is 77.3 Å². The van der Waals surface area contributed by atoms with Gasteiger partial charge in [-0.15, -0.1) is 0 Å². The first-order chi connectivity index (χ1) is 41.8. The minimum atomic E-state index is -5.07. The number of ether oxygens (including phenoxy) is 1. The second-order valence-electron chi connectivity index (χ2n) is 27.1. The van der Waals surface area contributed by atoms with Gasteiger partial charge in [-0.25, -0.2) is 9.55 Å². The second-order valence-corrected chi connectivity index (χ2v) is 28.4. The maximum absolute atomic E-state index is 14.4. The Morgan fingerprint density at radius 3 is 1.99 bits per heavy atom. The van der Waals surface area contributed by atoms with Crippen LogP contribution in [0.5, 0.6) is 0 Å². The first-order valence-electron chi connectivity index (χ1n) is 30.6. The van der Waals surface area contributed by atoms with Crippen molar-refractivity contribution in [2.24, 2.45) is 94.7 Å². The second kappa shape index (κ2) is 25.6. The van der Waals surface area contributed by atoms with E-state index in [1.165, 1.54) is 13.3 Å². The summed E-state index contributed by atoms with van der Waals surface area (Å²) in [6, 6.07) is 2.70. The molecule has 6 aliphatic heterocycles. The molecule has 17 N–H and O–H groups in total. The Morgan fingerprint density at radius 1 is 0.800 bits per heavy atom. The van der Waals surface area contributed by atoms with Gasteiger partial charge in [-0.2, -0.15) is 0 Å². The van der Waals surface area contributed by atoms with Crippen molar-refractivity contribution < 1.29 is 67.0 Å². The predicted octanol–water partition coefficient (Wildman–Crippen LogP) is 3.16. The largest absolute Gasteiger partial charge is 0.472 e. The number of benzene rings is 1. The number of primary amides is 6. The molecule has 492 valence electrons. The number of nitrogens with two attached hydrogens (primary N) is 6. The number of hydrogen-bond donors (Lipinski definition) is 11. The first kappa shape index (κ1) is 68.9. The highest BCUT2D eigenvalue weighted by molar-refractivity contribution is 7.47. The van der Waals surface area contributed by atoms with E-state index in [1.807, 2.05) is 87.4 Å². The number of imidazole rings is 1. The number of aliphatic imine (C=N–C) groups is 3. The fourth-order valence-electron chi connectivity index (χ4n) is 15.4. The van der Waals surface area contributed by atoms with Gasteiger partial charge in [0, 0.05) is 131 Å². The van der Waals surface area contributed by atoms with E-state index in [0.717, 1.165) is 11.1 Å². The molecule has 90 heavy (non-hydrogen) atoms. The molecule has 7 amide bonds. The van der Waals surface area contributed by atoms with Crippen LogP contribution >= 0.6 is 7.82 Å². The minimum Gasteiger partial charge on any atom is -0.394 e. The summed E-state index contributed by atoms with van der Waals surface area (Å²) >= 11 is 0. The number of aryl methyl sites for hydroxylation is 2. The molecule has 1 aromatic carbocycles. The standard InChI is InChI=1S/C62H90N13O14P/c1-29-20-39-40(21-30(29)2)75(28-70-39)57-52(84)53(41(27-76)87-57)89-90(85,86)88-31(3)26-69-49(83)18-19-59(8)37(22-46(66)80)56-62(11)61(10,25-48(68)82)36(14-17-45(65)79)51(74-62)33(5)55-60(9,24-47(67)81)34(12-15-43(63)77)38(71-55)23-42-58(6,7)35(13-16-44(64)78)50(72-42)32(4)54(59)73-56/h20-21,23,28,31,34-37,41,52-53,56-57,71,76,84H,12-19,22,24-27H2,1-11H3,(H2,63,77)(H2,64,78)(H2,65,79)(H2,66,80)(H2,67,81)(H2,68,82)(H,69,83)(H,85,86)/b38-23-,50-32-,55-33-/t31?,34-,35-,36-,37?,41?,52?,53?,56?,57?,59-,60+,61+,62?/m1/s1. The number of nitrogens with one attached hydrogen (secondary N) is 2. The maximum atomic E-state index is 14.4. The van der Waals surface area contributed by atoms with Crippen LogP contribution in [0.15, 0.2) is 67.8 Å². The summed E-state index contributed by atoms with van der Waals surface area (Å²) in [5.41, 5.74) is 37.4. The van der Waals surface area contributed by atoms with Crippen molar-refractivity contribution in [2.45, 2.75) is 189 Å². The lowest BCUT2D eigenvalue weighted by molar-refractivity contribution is -0.124. The molecular weight excluding hydrogens is 1180 g/mol. The molecule has 0 spiro atoms. The average Bonchev–Trinajstić information content (AvgIpc) is 1.53. The van der Waals surface area contributed by atoms with Gasteiger partial charge in [0.2, 0.25) is 41.4 Å². The SMILES string of the molecule is C/C1=C2N=C(/C=C3\N/C(=C(/C)C4=NC(C)(C5N=C1[C@](C)(CCC(=O)NCC(C)OP(=O)(O)OC1C(CO)OC(n6cnc7cc(C)c(C)cc76)C1O)C5CC(N)=O)[C@@](C)(CC(N)=O)[C@@H]4CCC(N)=O)[C@@](C)(CC(N)=O)[C@@H]3CCC(N)=O)C(C)(C)[C@@H]/2CCC(N)=O. The van der Waals surface area contributed by atoms with Crippen LogP contribution in [0.3, 0.4) is 0 Å². The van der Waals surface area contributed by atoms with E-state index in [2.05, 4.69) is 15.6 Å². The lowest BCUT2D eigenvalue weighted by Crippen LogP contribution is -2.56. The monoisotopic (exact) mass is 1270 g/mol. The summed E-state index contributed by atoms with van der Waals surface area (Å²) in [6.45, 7) is 19.3. The molecule has 1 aromatic heterocycles. The fourth-order valence-corrected chi connectivity index (χ4v) is 16.6. The van der Waals surface area contributed by atoms with Crippen molar-refractivity contribution in [1.29, 1.82) is 0 Å². The van der Waals surface area contributed by atoms with Crippen LogP contribution in [-0.4, -0.2) is 132 Å². The zero-order valence-electron chi connectivity index (χ0n) is 53.3. The van der Waals surface area contributed by atoms with Crippen LogP contribution in [-0.2, 0) is 51.9 Å². The molecule has 8 rings (SSSR count). The number of allylic oxidation sites excluding steroid dienone is 6. The third kappa shape index (κ3) is 13.0. The van der Waals surface area contributed by atoms with E-state index in [9.17, 15) is 53.2 Å². The van der Waals surface area contributed by atoms with Crippen LogP contribution in [0.25, 0.3) is 11.0 Å². The van der Waals surface area contributed by atoms with Crippen LogP contribution in [0.1, 0.15) is 150 Å². The molecule has 0 aliphatic carbocycles. The molecule has 0 saturated carbocycles. The lowest BCUT2D eigenvalue weighted by atomic mass is 9.55. The Morgan fingerprint density at radius 2 is 1.40 bits per heavy atom.